The van der Waals surface area contributed by atoms with Crippen LogP contribution in [0.25, 0.3) is 6.08 Å². The Bertz CT molecular complexity index is 479. The Hall–Kier alpha value is -2.08. The maximum absolute atomic E-state index is 11.7. The number of rotatable bonds is 2. The van der Waals surface area contributed by atoms with Gasteiger partial charge in [-0.3, -0.25) is 4.79 Å². The van der Waals surface area contributed by atoms with Crippen molar-refractivity contribution in [2.45, 2.75) is 12.8 Å². The molecule has 1 aliphatic heterocycles. The highest BCUT2D eigenvalue weighted by Gasteiger charge is 2.14. The van der Waals surface area contributed by atoms with Crippen molar-refractivity contribution in [3.05, 3.63) is 41.5 Å². The highest BCUT2D eigenvalue weighted by molar-refractivity contribution is 5.91. The lowest BCUT2D eigenvalue weighted by molar-refractivity contribution is -0.124. The minimum atomic E-state index is 0.0601. The van der Waals surface area contributed by atoms with Crippen LogP contribution in [0.2, 0.25) is 0 Å². The molecule has 0 atom stereocenters. The van der Waals surface area contributed by atoms with Crippen molar-refractivity contribution < 1.29 is 4.79 Å². The molecule has 1 aromatic carbocycles. The van der Waals surface area contributed by atoms with Gasteiger partial charge in [0.15, 0.2) is 0 Å². The van der Waals surface area contributed by atoms with Crippen LogP contribution in [0, 0.1) is 11.3 Å². The van der Waals surface area contributed by atoms with Gasteiger partial charge < -0.3 is 4.90 Å². The van der Waals surface area contributed by atoms with Crippen LogP contribution in [-0.2, 0) is 4.79 Å². The molecule has 0 N–H and O–H groups in total. The molecule has 0 radical (unpaired) electrons. The van der Waals surface area contributed by atoms with E-state index in [1.165, 1.54) is 0 Å². The van der Waals surface area contributed by atoms with Gasteiger partial charge in [-0.05, 0) is 36.6 Å². The smallest absolute Gasteiger partial charge is 0.246 e. The van der Waals surface area contributed by atoms with E-state index in [0.29, 0.717) is 5.56 Å². The van der Waals surface area contributed by atoms with E-state index in [9.17, 15) is 4.79 Å². The summed E-state index contributed by atoms with van der Waals surface area (Å²) >= 11 is 0. The molecular formula is C14H14N2O. The Kier molecular flexibility index (Phi) is 3.56. The fraction of sp³-hybridized carbons (Fsp3) is 0.286. The van der Waals surface area contributed by atoms with E-state index in [2.05, 4.69) is 6.07 Å². The molecule has 86 valence electrons. The van der Waals surface area contributed by atoms with Crippen LogP contribution in [0.1, 0.15) is 24.0 Å². The topological polar surface area (TPSA) is 44.1 Å². The van der Waals surface area contributed by atoms with Crippen LogP contribution in [0.15, 0.2) is 30.3 Å². The number of nitrogens with zero attached hydrogens (tertiary/aromatic N) is 2. The molecule has 1 aromatic rings. The molecule has 0 spiro atoms. The van der Waals surface area contributed by atoms with Gasteiger partial charge in [0.05, 0.1) is 11.6 Å². The highest BCUT2D eigenvalue weighted by atomic mass is 16.2. The number of hydrogen-bond donors (Lipinski definition) is 0. The van der Waals surface area contributed by atoms with E-state index >= 15 is 0 Å². The van der Waals surface area contributed by atoms with Gasteiger partial charge in [0, 0.05) is 19.2 Å². The fourth-order valence-electron chi connectivity index (χ4n) is 1.92. The molecule has 3 nitrogen and oxygen atoms in total. The van der Waals surface area contributed by atoms with Crippen molar-refractivity contribution in [3.8, 4) is 6.07 Å². The molecule has 1 heterocycles. The maximum Gasteiger partial charge on any atom is 0.246 e. The number of carbonyl (C=O) groups is 1. The van der Waals surface area contributed by atoms with Crippen molar-refractivity contribution in [2.24, 2.45) is 0 Å². The largest absolute Gasteiger partial charge is 0.339 e. The lowest BCUT2D eigenvalue weighted by Gasteiger charge is -2.11. The Balaban J connectivity index is 2.04. The summed E-state index contributed by atoms with van der Waals surface area (Å²) in [4.78, 5) is 13.6. The van der Waals surface area contributed by atoms with Crippen molar-refractivity contribution in [1.82, 2.24) is 4.90 Å². The standard InChI is InChI=1S/C14H14N2O/c15-11-13-5-3-4-12(10-13)6-7-14(17)16-8-1-2-9-16/h3-7,10H,1-2,8-9H2. The monoisotopic (exact) mass is 226 g/mol. The predicted molar refractivity (Wildman–Crippen MR) is 66.0 cm³/mol. The van der Waals surface area contributed by atoms with E-state index in [4.69, 9.17) is 5.26 Å². The number of carbonyl (C=O) groups excluding carboxylic acids is 1. The van der Waals surface area contributed by atoms with Gasteiger partial charge in [0.25, 0.3) is 0 Å². The van der Waals surface area contributed by atoms with E-state index in [1.807, 2.05) is 17.0 Å². The van der Waals surface area contributed by atoms with Crippen LogP contribution >= 0.6 is 0 Å². The lowest BCUT2D eigenvalue weighted by Crippen LogP contribution is -2.25. The Morgan fingerprint density at radius 2 is 2.12 bits per heavy atom. The molecule has 0 unspecified atom stereocenters. The van der Waals surface area contributed by atoms with E-state index in [1.54, 1.807) is 24.3 Å². The summed E-state index contributed by atoms with van der Waals surface area (Å²) in [6.45, 7) is 1.73. The van der Waals surface area contributed by atoms with Crippen LogP contribution in [0.5, 0.6) is 0 Å². The van der Waals surface area contributed by atoms with Gasteiger partial charge >= 0.3 is 0 Å². The van der Waals surface area contributed by atoms with E-state index in [0.717, 1.165) is 31.5 Å². The van der Waals surface area contributed by atoms with Crippen LogP contribution in [0.3, 0.4) is 0 Å². The second kappa shape index (κ2) is 5.31. The Morgan fingerprint density at radius 3 is 2.82 bits per heavy atom. The SMILES string of the molecule is N#Cc1cccc(C=CC(=O)N2CCCC2)c1. The Morgan fingerprint density at radius 1 is 1.35 bits per heavy atom. The van der Waals surface area contributed by atoms with Crippen LogP contribution < -0.4 is 0 Å². The van der Waals surface area contributed by atoms with Crippen molar-refractivity contribution in [2.75, 3.05) is 13.1 Å². The molecular weight excluding hydrogens is 212 g/mol. The van der Waals surface area contributed by atoms with Gasteiger partial charge in [-0.2, -0.15) is 5.26 Å². The Labute approximate surface area is 101 Å². The number of amides is 1. The van der Waals surface area contributed by atoms with E-state index in [-0.39, 0.29) is 5.91 Å². The summed E-state index contributed by atoms with van der Waals surface area (Å²) in [5, 5.41) is 8.76. The van der Waals surface area contributed by atoms with Crippen molar-refractivity contribution in [3.63, 3.8) is 0 Å². The first-order valence-electron chi connectivity index (χ1n) is 5.77. The highest BCUT2D eigenvalue weighted by Crippen LogP contribution is 2.10. The summed E-state index contributed by atoms with van der Waals surface area (Å²) in [6.07, 6.45) is 5.55. The molecule has 17 heavy (non-hydrogen) atoms. The lowest BCUT2D eigenvalue weighted by atomic mass is 10.1. The number of likely N-dealkylation sites (tertiary alicyclic amines) is 1. The molecule has 1 aliphatic rings. The average molecular weight is 226 g/mol. The molecule has 0 saturated carbocycles. The molecule has 1 amide bonds. The van der Waals surface area contributed by atoms with Gasteiger partial charge in [0.1, 0.15) is 0 Å². The maximum atomic E-state index is 11.7. The molecule has 2 rings (SSSR count). The summed E-state index contributed by atoms with van der Waals surface area (Å²) in [5.74, 6) is 0.0601. The third-order valence-corrected chi connectivity index (χ3v) is 2.85. The number of nitriles is 1. The zero-order valence-corrected chi connectivity index (χ0v) is 9.60. The van der Waals surface area contributed by atoms with Gasteiger partial charge in [0.2, 0.25) is 5.91 Å². The zero-order valence-electron chi connectivity index (χ0n) is 9.60. The second-order valence-corrected chi connectivity index (χ2v) is 4.10. The molecule has 0 aromatic heterocycles. The molecule has 3 heteroatoms. The fourth-order valence-corrected chi connectivity index (χ4v) is 1.92. The molecule has 0 bridgehead atoms. The van der Waals surface area contributed by atoms with Crippen LogP contribution in [-0.4, -0.2) is 23.9 Å². The van der Waals surface area contributed by atoms with Gasteiger partial charge in [-0.25, -0.2) is 0 Å². The molecule has 1 saturated heterocycles. The zero-order chi connectivity index (χ0) is 12.1. The summed E-state index contributed by atoms with van der Waals surface area (Å²) in [5.41, 5.74) is 1.50. The summed E-state index contributed by atoms with van der Waals surface area (Å²) in [6, 6.07) is 9.30. The minimum Gasteiger partial charge on any atom is -0.339 e. The first kappa shape index (κ1) is 11.4. The quantitative estimate of drug-likeness (QED) is 0.725. The van der Waals surface area contributed by atoms with Gasteiger partial charge in [-0.15, -0.1) is 0 Å². The first-order chi connectivity index (χ1) is 8.29. The normalized spacial score (nSPS) is 15.1. The first-order valence-corrected chi connectivity index (χ1v) is 5.77. The summed E-state index contributed by atoms with van der Waals surface area (Å²) < 4.78 is 0. The van der Waals surface area contributed by atoms with Crippen LogP contribution in [0.4, 0.5) is 0 Å². The third-order valence-electron chi connectivity index (χ3n) is 2.85. The summed E-state index contributed by atoms with van der Waals surface area (Å²) in [7, 11) is 0. The average Bonchev–Trinajstić information content (AvgIpc) is 2.90. The minimum absolute atomic E-state index is 0.0601. The second-order valence-electron chi connectivity index (χ2n) is 4.10. The van der Waals surface area contributed by atoms with Crippen molar-refractivity contribution in [1.29, 1.82) is 5.26 Å². The third kappa shape index (κ3) is 2.94. The number of benzene rings is 1. The van der Waals surface area contributed by atoms with Crippen molar-refractivity contribution >= 4 is 12.0 Å². The molecule has 1 fully saturated rings. The predicted octanol–water partition coefficient (Wildman–Crippen LogP) is 2.19. The van der Waals surface area contributed by atoms with E-state index < -0.39 is 0 Å². The number of hydrogen-bond acceptors (Lipinski definition) is 2. The van der Waals surface area contributed by atoms with Gasteiger partial charge in [-0.1, -0.05) is 12.1 Å². The molecule has 0 aliphatic carbocycles.